The first-order chi connectivity index (χ1) is 11.5. The fraction of sp³-hybridized carbons (Fsp3) is 0. The van der Waals surface area contributed by atoms with E-state index in [1.165, 1.54) is 30.2 Å². The summed E-state index contributed by atoms with van der Waals surface area (Å²) in [5.74, 6) is -0.0979. The van der Waals surface area contributed by atoms with Gasteiger partial charge in [-0.1, -0.05) is 47.1 Å². The Hall–Kier alpha value is -2.01. The highest BCUT2D eigenvalue weighted by Gasteiger charge is 2.25. The smallest absolute Gasteiger partial charge is 0.200 e. The second-order valence-corrected chi connectivity index (χ2v) is 7.15. The summed E-state index contributed by atoms with van der Waals surface area (Å²) in [7, 11) is 0. The van der Waals surface area contributed by atoms with Crippen LogP contribution in [0.3, 0.4) is 0 Å². The highest BCUT2D eigenvalue weighted by atomic mass is 35.5. The number of carbonyl (C=O) groups is 1. The van der Waals surface area contributed by atoms with Crippen molar-refractivity contribution in [3.8, 4) is 0 Å². The molecule has 1 aromatic heterocycles. The van der Waals surface area contributed by atoms with Crippen molar-refractivity contribution in [3.63, 3.8) is 0 Å². The first-order valence-corrected chi connectivity index (χ1v) is 8.55. The summed E-state index contributed by atoms with van der Waals surface area (Å²) < 4.78 is 5.48. The van der Waals surface area contributed by atoms with Gasteiger partial charge in [-0.25, -0.2) is 0 Å². The van der Waals surface area contributed by atoms with Crippen molar-refractivity contribution >= 4 is 57.8 Å². The SMILES string of the molecule is O=C1C(=Cc2coc3c(Cl)cc(Cl)cc3c2=O)Sc2ccccc21. The van der Waals surface area contributed by atoms with Crippen LogP contribution in [0.4, 0.5) is 0 Å². The van der Waals surface area contributed by atoms with Gasteiger partial charge >= 0.3 is 0 Å². The highest BCUT2D eigenvalue weighted by molar-refractivity contribution is 8.04. The minimum absolute atomic E-state index is 0.0979. The largest absolute Gasteiger partial charge is 0.462 e. The van der Waals surface area contributed by atoms with Crippen molar-refractivity contribution in [2.24, 2.45) is 0 Å². The molecule has 0 aliphatic carbocycles. The van der Waals surface area contributed by atoms with Crippen LogP contribution in [0.2, 0.25) is 10.0 Å². The summed E-state index contributed by atoms with van der Waals surface area (Å²) in [5, 5.41) is 0.908. The number of allylic oxidation sites excluding steroid dienone is 1. The number of hydrogen-bond donors (Lipinski definition) is 0. The van der Waals surface area contributed by atoms with Crippen LogP contribution in [-0.2, 0) is 0 Å². The Balaban J connectivity index is 1.86. The van der Waals surface area contributed by atoms with Crippen LogP contribution in [-0.4, -0.2) is 5.78 Å². The lowest BCUT2D eigenvalue weighted by molar-refractivity contribution is 0.104. The molecule has 0 saturated heterocycles. The Morgan fingerprint density at radius 3 is 2.67 bits per heavy atom. The Morgan fingerprint density at radius 2 is 1.88 bits per heavy atom. The van der Waals surface area contributed by atoms with Crippen molar-refractivity contribution in [2.45, 2.75) is 4.90 Å². The second kappa shape index (κ2) is 5.81. The number of fused-ring (bicyclic) bond motifs is 2. The van der Waals surface area contributed by atoms with Crippen LogP contribution >= 0.6 is 35.0 Å². The molecule has 0 bridgehead atoms. The molecule has 118 valence electrons. The average molecular weight is 375 g/mol. The highest BCUT2D eigenvalue weighted by Crippen LogP contribution is 2.40. The standard InChI is InChI=1S/C18H8Cl2O3S/c19-10-6-12-16(21)9(8-23-18(12)13(20)7-10)5-15-17(22)11-3-1-2-4-14(11)24-15/h1-8H. The lowest BCUT2D eigenvalue weighted by Crippen LogP contribution is -2.06. The first-order valence-electron chi connectivity index (χ1n) is 6.98. The molecule has 0 unspecified atom stereocenters. The van der Waals surface area contributed by atoms with Gasteiger partial charge in [0.25, 0.3) is 0 Å². The van der Waals surface area contributed by atoms with E-state index in [4.69, 9.17) is 27.6 Å². The van der Waals surface area contributed by atoms with E-state index in [2.05, 4.69) is 0 Å². The van der Waals surface area contributed by atoms with Crippen LogP contribution in [0.5, 0.6) is 0 Å². The number of ketones is 1. The fourth-order valence-electron chi connectivity index (χ4n) is 2.56. The zero-order valence-corrected chi connectivity index (χ0v) is 14.3. The molecule has 0 spiro atoms. The van der Waals surface area contributed by atoms with Crippen LogP contribution in [0, 0.1) is 0 Å². The second-order valence-electron chi connectivity index (χ2n) is 5.22. The number of halogens is 2. The van der Waals surface area contributed by atoms with Gasteiger partial charge in [0.2, 0.25) is 5.78 Å². The zero-order chi connectivity index (χ0) is 16.8. The summed E-state index contributed by atoms with van der Waals surface area (Å²) in [4.78, 5) is 26.4. The Kier molecular flexibility index (Phi) is 3.76. The van der Waals surface area contributed by atoms with Gasteiger partial charge in [-0.2, -0.15) is 0 Å². The van der Waals surface area contributed by atoms with E-state index in [1.54, 1.807) is 12.1 Å². The number of benzene rings is 2. The van der Waals surface area contributed by atoms with Crippen molar-refractivity contribution in [3.05, 3.63) is 79.0 Å². The molecule has 0 fully saturated rings. The Morgan fingerprint density at radius 1 is 1.08 bits per heavy atom. The molecule has 4 rings (SSSR count). The molecule has 1 aliphatic rings. The maximum absolute atomic E-state index is 12.7. The molecule has 3 aromatic rings. The number of rotatable bonds is 1. The number of Topliss-reactive ketones (excluding diaryl/α,β-unsaturated/α-hetero) is 1. The number of carbonyl (C=O) groups excluding carboxylic acids is 1. The summed E-state index contributed by atoms with van der Waals surface area (Å²) >= 11 is 13.4. The molecular formula is C18H8Cl2O3S. The zero-order valence-electron chi connectivity index (χ0n) is 12.0. The maximum Gasteiger partial charge on any atom is 0.200 e. The van der Waals surface area contributed by atoms with Gasteiger partial charge in [0.15, 0.2) is 11.0 Å². The van der Waals surface area contributed by atoms with Gasteiger partial charge < -0.3 is 4.42 Å². The van der Waals surface area contributed by atoms with Gasteiger partial charge in [-0.05, 0) is 30.3 Å². The van der Waals surface area contributed by atoms with Crippen LogP contribution < -0.4 is 5.43 Å². The van der Waals surface area contributed by atoms with E-state index in [-0.39, 0.29) is 32.8 Å². The topological polar surface area (TPSA) is 47.3 Å². The minimum Gasteiger partial charge on any atom is -0.462 e. The molecule has 0 amide bonds. The molecule has 1 aliphatic heterocycles. The number of hydrogen-bond acceptors (Lipinski definition) is 4. The molecule has 3 nitrogen and oxygen atoms in total. The van der Waals surface area contributed by atoms with E-state index in [1.807, 2.05) is 18.2 Å². The summed E-state index contributed by atoms with van der Waals surface area (Å²) in [6.07, 6.45) is 2.86. The van der Waals surface area contributed by atoms with E-state index in [9.17, 15) is 9.59 Å². The van der Waals surface area contributed by atoms with E-state index in [0.29, 0.717) is 15.5 Å². The quantitative estimate of drug-likeness (QED) is 0.532. The fourth-order valence-corrected chi connectivity index (χ4v) is 4.14. The molecule has 0 radical (unpaired) electrons. The third-order valence-electron chi connectivity index (χ3n) is 3.68. The molecule has 24 heavy (non-hydrogen) atoms. The van der Waals surface area contributed by atoms with Crippen molar-refractivity contribution in [1.29, 1.82) is 0 Å². The van der Waals surface area contributed by atoms with Gasteiger partial charge in [0.05, 0.1) is 20.9 Å². The monoisotopic (exact) mass is 374 g/mol. The summed E-state index contributed by atoms with van der Waals surface area (Å²) in [6.45, 7) is 0. The predicted molar refractivity (Wildman–Crippen MR) is 97.1 cm³/mol. The maximum atomic E-state index is 12.7. The Labute approximate surface area is 150 Å². The summed E-state index contributed by atoms with van der Waals surface area (Å²) in [6, 6.07) is 10.4. The van der Waals surface area contributed by atoms with E-state index in [0.717, 1.165) is 4.90 Å². The van der Waals surface area contributed by atoms with Crippen molar-refractivity contribution < 1.29 is 9.21 Å². The van der Waals surface area contributed by atoms with Gasteiger partial charge in [-0.15, -0.1) is 0 Å². The van der Waals surface area contributed by atoms with E-state index >= 15 is 0 Å². The summed E-state index contributed by atoms with van der Waals surface area (Å²) in [5.41, 5.74) is 0.925. The predicted octanol–water partition coefficient (Wildman–Crippen LogP) is 5.43. The molecule has 0 saturated carbocycles. The van der Waals surface area contributed by atoms with Crippen molar-refractivity contribution in [2.75, 3.05) is 0 Å². The lowest BCUT2D eigenvalue weighted by atomic mass is 10.1. The van der Waals surface area contributed by atoms with Crippen LogP contribution in [0.15, 0.2) is 61.7 Å². The van der Waals surface area contributed by atoms with Gasteiger partial charge in [0, 0.05) is 15.5 Å². The number of thioether (sulfide) groups is 1. The molecule has 0 atom stereocenters. The molecule has 6 heteroatoms. The molecule has 2 heterocycles. The average Bonchev–Trinajstić information content (AvgIpc) is 2.87. The third kappa shape index (κ3) is 2.47. The lowest BCUT2D eigenvalue weighted by Gasteiger charge is -2.02. The van der Waals surface area contributed by atoms with Crippen LogP contribution in [0.1, 0.15) is 15.9 Å². The Bertz CT molecular complexity index is 1100. The normalized spacial score (nSPS) is 15.2. The molecule has 2 aromatic carbocycles. The minimum atomic E-state index is -0.280. The van der Waals surface area contributed by atoms with Gasteiger partial charge in [-0.3, -0.25) is 9.59 Å². The van der Waals surface area contributed by atoms with E-state index < -0.39 is 0 Å². The molecular weight excluding hydrogens is 367 g/mol. The molecule has 0 N–H and O–H groups in total. The van der Waals surface area contributed by atoms with Gasteiger partial charge in [0.1, 0.15) is 6.26 Å². The van der Waals surface area contributed by atoms with Crippen LogP contribution in [0.25, 0.3) is 17.0 Å². The third-order valence-corrected chi connectivity index (χ3v) is 5.28. The first kappa shape index (κ1) is 15.5. The van der Waals surface area contributed by atoms with Crippen molar-refractivity contribution in [1.82, 2.24) is 0 Å².